The van der Waals surface area contributed by atoms with E-state index in [1.807, 2.05) is 13.8 Å². The Kier molecular flexibility index (Phi) is 6.27. The van der Waals surface area contributed by atoms with E-state index in [4.69, 9.17) is 33.1 Å². The maximum atomic E-state index is 11.8. The molecule has 9 heteroatoms. The molecule has 0 saturated carbocycles. The van der Waals surface area contributed by atoms with Crippen molar-refractivity contribution in [2.75, 3.05) is 19.7 Å². The first-order valence-corrected chi connectivity index (χ1v) is 8.43. The highest BCUT2D eigenvalue weighted by Crippen LogP contribution is 2.33. The van der Waals surface area contributed by atoms with Crippen LogP contribution in [-0.2, 0) is 14.8 Å². The Hall–Kier alpha value is -1.02. The summed E-state index contributed by atoms with van der Waals surface area (Å²) < 4.78 is 27.9. The molecule has 0 bridgehead atoms. The topological polar surface area (TPSA) is 89.7 Å². The zero-order valence-corrected chi connectivity index (χ0v) is 13.9. The van der Waals surface area contributed by atoms with Gasteiger partial charge in [-0.15, -0.1) is 0 Å². The van der Waals surface area contributed by atoms with Crippen LogP contribution in [0.15, 0.2) is 17.0 Å². The number of halogens is 2. The van der Waals surface area contributed by atoms with Gasteiger partial charge in [-0.05, 0) is 19.9 Å². The van der Waals surface area contributed by atoms with Crippen molar-refractivity contribution in [1.29, 1.82) is 0 Å². The fourth-order valence-corrected chi connectivity index (χ4v) is 3.02. The van der Waals surface area contributed by atoms with Crippen LogP contribution >= 0.6 is 23.2 Å². The van der Waals surface area contributed by atoms with Crippen molar-refractivity contribution in [2.24, 2.45) is 5.14 Å². The molecule has 0 aliphatic heterocycles. The van der Waals surface area contributed by atoms with Crippen LogP contribution in [0.5, 0.6) is 5.75 Å². The van der Waals surface area contributed by atoms with Crippen molar-refractivity contribution in [3.63, 3.8) is 0 Å². The van der Waals surface area contributed by atoms with Crippen LogP contribution in [0.3, 0.4) is 0 Å². The minimum absolute atomic E-state index is 0.00997. The molecule has 0 atom stereocenters. The van der Waals surface area contributed by atoms with Gasteiger partial charge in [-0.25, -0.2) is 13.6 Å². The number of rotatable bonds is 6. The maximum Gasteiger partial charge on any atom is 0.260 e. The minimum Gasteiger partial charge on any atom is -0.482 e. The molecule has 0 spiro atoms. The SMILES string of the molecule is CCN(CC)C(=O)COc1cc(Cl)c(S(N)(=O)=O)cc1Cl. The molecule has 0 heterocycles. The number of primary sulfonamides is 1. The molecule has 6 nitrogen and oxygen atoms in total. The van der Waals surface area contributed by atoms with E-state index in [0.717, 1.165) is 6.07 Å². The molecule has 1 amide bonds. The largest absolute Gasteiger partial charge is 0.482 e. The smallest absolute Gasteiger partial charge is 0.260 e. The van der Waals surface area contributed by atoms with Gasteiger partial charge in [-0.1, -0.05) is 23.2 Å². The maximum absolute atomic E-state index is 11.8. The van der Waals surface area contributed by atoms with Crippen molar-refractivity contribution in [3.05, 3.63) is 22.2 Å². The van der Waals surface area contributed by atoms with Crippen LogP contribution in [0.2, 0.25) is 10.0 Å². The van der Waals surface area contributed by atoms with Crippen LogP contribution in [0.25, 0.3) is 0 Å². The molecule has 0 aliphatic rings. The molecule has 1 aromatic rings. The van der Waals surface area contributed by atoms with Crippen molar-refractivity contribution < 1.29 is 17.9 Å². The van der Waals surface area contributed by atoms with Gasteiger partial charge in [0.25, 0.3) is 5.91 Å². The predicted octanol–water partition coefficient (Wildman–Crippen LogP) is 1.89. The summed E-state index contributed by atoms with van der Waals surface area (Å²) in [7, 11) is -3.97. The number of sulfonamides is 1. The van der Waals surface area contributed by atoms with Gasteiger partial charge in [0.2, 0.25) is 10.0 Å². The number of nitrogens with two attached hydrogens (primary N) is 1. The Morgan fingerprint density at radius 2 is 1.81 bits per heavy atom. The molecule has 0 aromatic heterocycles. The molecular formula is C12H16Cl2N2O4S. The normalized spacial score (nSPS) is 11.3. The van der Waals surface area contributed by atoms with E-state index in [1.165, 1.54) is 6.07 Å². The highest BCUT2D eigenvalue weighted by molar-refractivity contribution is 7.89. The highest BCUT2D eigenvalue weighted by Gasteiger charge is 2.18. The third-order valence-electron chi connectivity index (χ3n) is 2.76. The van der Waals surface area contributed by atoms with Crippen molar-refractivity contribution in [1.82, 2.24) is 4.90 Å². The summed E-state index contributed by atoms with van der Waals surface area (Å²) >= 11 is 11.7. The molecule has 2 N–H and O–H groups in total. The Bertz CT molecular complexity index is 630. The van der Waals surface area contributed by atoms with Crippen molar-refractivity contribution in [2.45, 2.75) is 18.7 Å². The Morgan fingerprint density at radius 1 is 1.24 bits per heavy atom. The highest BCUT2D eigenvalue weighted by atomic mass is 35.5. The first kappa shape index (κ1) is 18.0. The van der Waals surface area contributed by atoms with Crippen LogP contribution in [-0.4, -0.2) is 38.9 Å². The summed E-state index contributed by atoms with van der Waals surface area (Å²) in [5.41, 5.74) is 0. The first-order chi connectivity index (χ1) is 9.70. The monoisotopic (exact) mass is 354 g/mol. The van der Waals surface area contributed by atoms with E-state index in [2.05, 4.69) is 0 Å². The average molecular weight is 355 g/mol. The van der Waals surface area contributed by atoms with Crippen LogP contribution in [0.4, 0.5) is 0 Å². The van der Waals surface area contributed by atoms with Gasteiger partial charge in [0.05, 0.1) is 10.0 Å². The predicted molar refractivity (Wildman–Crippen MR) is 81.3 cm³/mol. The Labute approximate surface area is 133 Å². The second-order valence-corrected chi connectivity index (χ2v) is 6.46. The average Bonchev–Trinajstić information content (AvgIpc) is 2.39. The second kappa shape index (κ2) is 7.31. The van der Waals surface area contributed by atoms with Crippen LogP contribution in [0.1, 0.15) is 13.8 Å². The molecule has 0 saturated heterocycles. The number of nitrogens with zero attached hydrogens (tertiary/aromatic N) is 1. The third kappa shape index (κ3) is 4.74. The van der Waals surface area contributed by atoms with Gasteiger partial charge in [-0.2, -0.15) is 0 Å². The summed E-state index contributed by atoms with van der Waals surface area (Å²) in [4.78, 5) is 13.1. The lowest BCUT2D eigenvalue weighted by molar-refractivity contribution is -0.132. The van der Waals surface area contributed by atoms with Gasteiger partial charge in [0.1, 0.15) is 10.6 Å². The van der Waals surface area contributed by atoms with E-state index >= 15 is 0 Å². The van der Waals surface area contributed by atoms with E-state index in [0.29, 0.717) is 13.1 Å². The standard InChI is InChI=1S/C12H16Cl2N2O4S/c1-3-16(4-2)12(17)7-20-10-5-9(14)11(6-8(10)13)21(15,18)19/h5-6H,3-4,7H2,1-2H3,(H2,15,18,19). The molecule has 0 fully saturated rings. The molecule has 0 aliphatic carbocycles. The van der Waals surface area contributed by atoms with Gasteiger partial charge in [0.15, 0.2) is 6.61 Å². The fraction of sp³-hybridized carbons (Fsp3) is 0.417. The molecule has 118 valence electrons. The summed E-state index contributed by atoms with van der Waals surface area (Å²) in [5.74, 6) is -0.0858. The summed E-state index contributed by atoms with van der Waals surface area (Å²) in [6, 6.07) is 2.32. The minimum atomic E-state index is -3.97. The van der Waals surface area contributed by atoms with Gasteiger partial charge in [0, 0.05) is 19.2 Å². The van der Waals surface area contributed by atoms with Crippen molar-refractivity contribution >= 4 is 39.1 Å². The first-order valence-electron chi connectivity index (χ1n) is 6.13. The van der Waals surface area contributed by atoms with Crippen molar-refractivity contribution in [3.8, 4) is 5.75 Å². The second-order valence-electron chi connectivity index (χ2n) is 4.11. The zero-order chi connectivity index (χ0) is 16.2. The van der Waals surface area contributed by atoms with E-state index in [-0.39, 0.29) is 33.2 Å². The number of carbonyl (C=O) groups is 1. The summed E-state index contributed by atoms with van der Waals surface area (Å²) in [6.07, 6.45) is 0. The lowest BCUT2D eigenvalue weighted by Gasteiger charge is -2.19. The third-order valence-corrected chi connectivity index (χ3v) is 4.43. The van der Waals surface area contributed by atoms with Gasteiger partial charge >= 0.3 is 0 Å². The lowest BCUT2D eigenvalue weighted by Crippen LogP contribution is -2.34. The van der Waals surface area contributed by atoms with Crippen LogP contribution < -0.4 is 9.88 Å². The number of benzene rings is 1. The van der Waals surface area contributed by atoms with Crippen LogP contribution in [0, 0.1) is 0 Å². The summed E-state index contributed by atoms with van der Waals surface area (Å²) in [5, 5.41) is 4.89. The molecule has 0 radical (unpaired) electrons. The molecule has 1 rings (SSSR count). The van der Waals surface area contributed by atoms with E-state index in [1.54, 1.807) is 4.90 Å². The Morgan fingerprint density at radius 3 is 2.29 bits per heavy atom. The summed E-state index contributed by atoms with van der Waals surface area (Å²) in [6.45, 7) is 4.62. The number of amides is 1. The Balaban J connectivity index is 2.92. The molecule has 0 unspecified atom stereocenters. The molecule has 21 heavy (non-hydrogen) atoms. The van der Waals surface area contributed by atoms with Gasteiger partial charge in [-0.3, -0.25) is 4.79 Å². The molecular weight excluding hydrogens is 339 g/mol. The number of likely N-dealkylation sites (N-methyl/N-ethyl adjacent to an activating group) is 1. The fourth-order valence-electron chi connectivity index (χ4n) is 1.65. The lowest BCUT2D eigenvalue weighted by atomic mass is 10.3. The zero-order valence-electron chi connectivity index (χ0n) is 11.6. The molecule has 1 aromatic carbocycles. The number of carbonyl (C=O) groups excluding carboxylic acids is 1. The van der Waals surface area contributed by atoms with E-state index < -0.39 is 10.0 Å². The number of ether oxygens (including phenoxy) is 1. The quantitative estimate of drug-likeness (QED) is 0.844. The number of hydrogen-bond acceptors (Lipinski definition) is 4. The number of hydrogen-bond donors (Lipinski definition) is 1. The van der Waals surface area contributed by atoms with Gasteiger partial charge < -0.3 is 9.64 Å². The van der Waals surface area contributed by atoms with E-state index in [9.17, 15) is 13.2 Å².